The second-order valence-corrected chi connectivity index (χ2v) is 5.36. The van der Waals surface area contributed by atoms with Gasteiger partial charge in [-0.15, -0.1) is 0 Å². The van der Waals surface area contributed by atoms with Gasteiger partial charge in [0.2, 0.25) is 0 Å². The van der Waals surface area contributed by atoms with Crippen LogP contribution in [0.4, 0.5) is 0 Å². The number of hydrogen-bond acceptors (Lipinski definition) is 4. The van der Waals surface area contributed by atoms with Crippen LogP contribution in [-0.4, -0.2) is 19.5 Å². The Morgan fingerprint density at radius 2 is 1.91 bits per heavy atom. The van der Waals surface area contributed by atoms with Crippen LogP contribution in [0.3, 0.4) is 0 Å². The van der Waals surface area contributed by atoms with Gasteiger partial charge in [-0.25, -0.2) is 9.78 Å². The number of fused-ring (bicyclic) bond motifs is 2. The molecular weight excluding hydrogens is 280 g/mol. The number of benzene rings is 1. The van der Waals surface area contributed by atoms with Crippen molar-refractivity contribution >= 4 is 11.0 Å². The maximum absolute atomic E-state index is 12.0. The van der Waals surface area contributed by atoms with Crippen molar-refractivity contribution in [1.29, 1.82) is 0 Å². The number of hydrogen-bond donors (Lipinski definition) is 1. The van der Waals surface area contributed by atoms with Gasteiger partial charge in [-0.3, -0.25) is 9.78 Å². The molecule has 0 saturated heterocycles. The highest BCUT2D eigenvalue weighted by atomic mass is 16.2. The van der Waals surface area contributed by atoms with Crippen LogP contribution in [0, 0.1) is 0 Å². The second-order valence-electron chi connectivity index (χ2n) is 5.36. The molecule has 0 atom stereocenters. The summed E-state index contributed by atoms with van der Waals surface area (Å²) in [5, 5.41) is 0. The molecule has 0 bridgehead atoms. The van der Waals surface area contributed by atoms with E-state index in [1.807, 2.05) is 28.8 Å². The normalized spacial score (nSPS) is 11.3. The summed E-state index contributed by atoms with van der Waals surface area (Å²) >= 11 is 0. The fourth-order valence-corrected chi connectivity index (χ4v) is 2.67. The number of aromatic amines is 1. The van der Waals surface area contributed by atoms with E-state index in [0.29, 0.717) is 5.82 Å². The summed E-state index contributed by atoms with van der Waals surface area (Å²) < 4.78 is 1.93. The first-order chi connectivity index (χ1) is 10.7. The molecule has 3 rings (SSSR count). The number of nitrogens with zero attached hydrogens (tertiary/aromatic N) is 3. The van der Waals surface area contributed by atoms with Gasteiger partial charge in [0, 0.05) is 6.54 Å². The summed E-state index contributed by atoms with van der Waals surface area (Å²) in [6.07, 6.45) is 4.41. The molecule has 0 saturated carbocycles. The first-order valence-corrected chi connectivity index (χ1v) is 7.60. The highest BCUT2D eigenvalue weighted by Gasteiger charge is 2.17. The molecule has 114 valence electrons. The zero-order valence-electron chi connectivity index (χ0n) is 12.5. The van der Waals surface area contributed by atoms with Crippen molar-refractivity contribution in [1.82, 2.24) is 19.5 Å². The topological polar surface area (TPSA) is 80.6 Å². The zero-order chi connectivity index (χ0) is 15.5. The summed E-state index contributed by atoms with van der Waals surface area (Å²) in [5.41, 5.74) is 0.731. The Balaban J connectivity index is 2.19. The van der Waals surface area contributed by atoms with Gasteiger partial charge in [0.25, 0.3) is 5.56 Å². The zero-order valence-corrected chi connectivity index (χ0v) is 12.5. The predicted octanol–water partition coefficient (Wildman–Crippen LogP) is 2.16. The Labute approximate surface area is 127 Å². The molecule has 2 heterocycles. The van der Waals surface area contributed by atoms with Crippen molar-refractivity contribution in [2.75, 3.05) is 0 Å². The highest BCUT2D eigenvalue weighted by molar-refractivity contribution is 5.79. The van der Waals surface area contributed by atoms with Crippen LogP contribution in [0.2, 0.25) is 0 Å². The maximum Gasteiger partial charge on any atom is 0.349 e. The maximum atomic E-state index is 12.0. The number of aryl methyl sites for hydroxylation is 1. The Kier molecular flexibility index (Phi) is 4.00. The second kappa shape index (κ2) is 6.09. The molecule has 2 aliphatic heterocycles. The lowest BCUT2D eigenvalue weighted by atomic mass is 10.2. The Morgan fingerprint density at radius 1 is 1.09 bits per heavy atom. The van der Waals surface area contributed by atoms with E-state index in [1.165, 1.54) is 6.42 Å². The van der Waals surface area contributed by atoms with E-state index in [2.05, 4.69) is 21.9 Å². The number of rotatable bonds is 5. The predicted molar refractivity (Wildman–Crippen MR) is 85.2 cm³/mol. The number of aromatic nitrogens is 4. The molecule has 1 aromatic rings. The quantitative estimate of drug-likeness (QED) is 0.578. The van der Waals surface area contributed by atoms with Gasteiger partial charge in [0.15, 0.2) is 11.5 Å². The van der Waals surface area contributed by atoms with Crippen LogP contribution in [0.5, 0.6) is 0 Å². The first kappa shape index (κ1) is 14.4. The van der Waals surface area contributed by atoms with E-state index >= 15 is 0 Å². The molecule has 6 nitrogen and oxygen atoms in total. The number of unbranched alkanes of at least 4 members (excludes halogenated alkanes) is 3. The van der Waals surface area contributed by atoms with Crippen molar-refractivity contribution in [2.24, 2.45) is 0 Å². The molecule has 0 amide bonds. The molecule has 0 unspecified atom stereocenters. The molecule has 0 aliphatic carbocycles. The van der Waals surface area contributed by atoms with Crippen LogP contribution in [0.15, 0.2) is 33.9 Å². The molecular formula is C16H18N4O2. The van der Waals surface area contributed by atoms with Gasteiger partial charge in [0.1, 0.15) is 0 Å². The standard InChI is InChI=1S/C16H18N4O2/c1-2-3-4-7-10-20-12-9-6-5-8-11(12)17-13-14(20)18-16(22)19-15(13)21/h5-6,8-9H,2-4,7,10H2,1H3,(H,19,21,22). The van der Waals surface area contributed by atoms with E-state index in [0.717, 1.165) is 36.8 Å². The van der Waals surface area contributed by atoms with Gasteiger partial charge in [-0.05, 0) is 18.6 Å². The van der Waals surface area contributed by atoms with Crippen molar-refractivity contribution in [3.63, 3.8) is 0 Å². The lowest BCUT2D eigenvalue weighted by Crippen LogP contribution is -2.28. The minimum atomic E-state index is -0.628. The van der Waals surface area contributed by atoms with Crippen LogP contribution in [0.25, 0.3) is 22.6 Å². The van der Waals surface area contributed by atoms with Gasteiger partial charge in [-0.2, -0.15) is 4.98 Å². The number of H-pyrrole nitrogens is 1. The van der Waals surface area contributed by atoms with Crippen molar-refractivity contribution in [3.8, 4) is 11.5 Å². The first-order valence-electron chi connectivity index (χ1n) is 7.60. The van der Waals surface area contributed by atoms with Crippen molar-refractivity contribution < 1.29 is 0 Å². The third-order valence-corrected chi connectivity index (χ3v) is 3.75. The molecule has 1 aromatic carbocycles. The van der Waals surface area contributed by atoms with Gasteiger partial charge in [-0.1, -0.05) is 38.3 Å². The molecule has 22 heavy (non-hydrogen) atoms. The fourth-order valence-electron chi connectivity index (χ4n) is 2.67. The number of nitrogens with one attached hydrogen (secondary N) is 1. The summed E-state index contributed by atoms with van der Waals surface area (Å²) in [7, 11) is 0. The van der Waals surface area contributed by atoms with E-state index < -0.39 is 11.2 Å². The SMILES string of the molecule is CCCCCCn1c2nc(=O)[nH]c(=O)c-2nc2ccccc21. The Bertz CT molecular complexity index is 881. The Hall–Kier alpha value is -2.50. The fraction of sp³-hybridized carbons (Fsp3) is 0.375. The largest absolute Gasteiger partial charge is 0.349 e. The number of para-hydroxylation sites is 2. The minimum absolute atomic E-state index is 0.216. The summed E-state index contributed by atoms with van der Waals surface area (Å²) in [4.78, 5) is 34.1. The van der Waals surface area contributed by atoms with Gasteiger partial charge < -0.3 is 4.57 Å². The lowest BCUT2D eigenvalue weighted by molar-refractivity contribution is 0.588. The van der Waals surface area contributed by atoms with Crippen LogP contribution >= 0.6 is 0 Å². The lowest BCUT2D eigenvalue weighted by Gasteiger charge is -2.16. The van der Waals surface area contributed by atoms with Gasteiger partial charge in [0.05, 0.1) is 11.0 Å². The van der Waals surface area contributed by atoms with E-state index in [4.69, 9.17) is 0 Å². The molecule has 0 aromatic heterocycles. The third kappa shape index (κ3) is 2.64. The Morgan fingerprint density at radius 3 is 2.73 bits per heavy atom. The minimum Gasteiger partial charge on any atom is -0.322 e. The summed E-state index contributed by atoms with van der Waals surface area (Å²) in [5.74, 6) is 0.365. The summed E-state index contributed by atoms with van der Waals surface area (Å²) in [6.45, 7) is 2.88. The van der Waals surface area contributed by atoms with Crippen LogP contribution in [0.1, 0.15) is 32.6 Å². The van der Waals surface area contributed by atoms with E-state index in [9.17, 15) is 9.59 Å². The van der Waals surface area contributed by atoms with Gasteiger partial charge >= 0.3 is 5.69 Å². The highest BCUT2D eigenvalue weighted by Crippen LogP contribution is 2.21. The van der Waals surface area contributed by atoms with E-state index in [-0.39, 0.29) is 5.69 Å². The molecule has 1 N–H and O–H groups in total. The average Bonchev–Trinajstić information content (AvgIpc) is 2.51. The van der Waals surface area contributed by atoms with Crippen LogP contribution in [-0.2, 0) is 6.54 Å². The average molecular weight is 298 g/mol. The molecule has 6 heteroatoms. The smallest absolute Gasteiger partial charge is 0.322 e. The third-order valence-electron chi connectivity index (χ3n) is 3.75. The molecule has 0 fully saturated rings. The molecule has 0 radical (unpaired) electrons. The van der Waals surface area contributed by atoms with Crippen molar-refractivity contribution in [2.45, 2.75) is 39.2 Å². The van der Waals surface area contributed by atoms with Crippen LogP contribution < -0.4 is 11.2 Å². The van der Waals surface area contributed by atoms with E-state index in [1.54, 1.807) is 0 Å². The monoisotopic (exact) mass is 298 g/mol. The molecule has 0 spiro atoms. The molecule has 2 aliphatic rings. The van der Waals surface area contributed by atoms with Crippen molar-refractivity contribution in [3.05, 3.63) is 45.1 Å². The summed E-state index contributed by atoms with van der Waals surface area (Å²) in [6, 6.07) is 7.60.